The minimum atomic E-state index is 0.469. The molecule has 1 aliphatic heterocycles. The average molecular weight is 276 g/mol. The molecule has 1 aliphatic carbocycles. The van der Waals surface area contributed by atoms with E-state index >= 15 is 0 Å². The number of hydrogen-bond acceptors (Lipinski definition) is 4. The quantitative estimate of drug-likeness (QED) is 0.889. The molecule has 2 aliphatic rings. The summed E-state index contributed by atoms with van der Waals surface area (Å²) in [5.74, 6) is 0. The number of nitrogens with zero attached hydrogens (tertiary/aromatic N) is 1. The molecule has 20 heavy (non-hydrogen) atoms. The average Bonchev–Trinajstić information content (AvgIpc) is 2.47. The van der Waals surface area contributed by atoms with Gasteiger partial charge in [0.05, 0.1) is 19.3 Å². The molecule has 0 amide bonds. The molecule has 1 saturated carbocycles. The molecular weight excluding hydrogens is 252 g/mol. The number of methoxy groups -OCH3 is 1. The Morgan fingerprint density at radius 1 is 1.20 bits per heavy atom. The summed E-state index contributed by atoms with van der Waals surface area (Å²) in [7, 11) is 1.80. The molecule has 0 spiro atoms. The van der Waals surface area contributed by atoms with Gasteiger partial charge in [-0.05, 0) is 30.5 Å². The van der Waals surface area contributed by atoms with Crippen molar-refractivity contribution in [1.82, 2.24) is 5.32 Å². The summed E-state index contributed by atoms with van der Waals surface area (Å²) in [6.07, 6.45) is 2.75. The second-order valence-corrected chi connectivity index (χ2v) is 5.67. The van der Waals surface area contributed by atoms with Crippen molar-refractivity contribution >= 4 is 5.69 Å². The van der Waals surface area contributed by atoms with Gasteiger partial charge in [-0.25, -0.2) is 0 Å². The molecule has 1 heterocycles. The molecule has 1 N–H and O–H groups in total. The molecule has 1 saturated heterocycles. The largest absolute Gasteiger partial charge is 0.381 e. The summed E-state index contributed by atoms with van der Waals surface area (Å²) < 4.78 is 10.7. The maximum absolute atomic E-state index is 5.38. The third kappa shape index (κ3) is 3.32. The van der Waals surface area contributed by atoms with Gasteiger partial charge in [0.1, 0.15) is 0 Å². The molecule has 110 valence electrons. The van der Waals surface area contributed by atoms with E-state index in [1.165, 1.54) is 11.3 Å². The summed E-state index contributed by atoms with van der Waals surface area (Å²) in [6.45, 7) is 4.62. The molecule has 3 rings (SSSR count). The topological polar surface area (TPSA) is 33.7 Å². The molecule has 1 aromatic rings. The fourth-order valence-electron chi connectivity index (χ4n) is 2.83. The molecule has 1 aromatic carbocycles. The van der Waals surface area contributed by atoms with Gasteiger partial charge < -0.3 is 19.7 Å². The maximum Gasteiger partial charge on any atom is 0.0642 e. The fraction of sp³-hybridized carbons (Fsp3) is 0.625. The molecule has 4 nitrogen and oxygen atoms in total. The lowest BCUT2D eigenvalue weighted by Crippen LogP contribution is -2.44. The highest BCUT2D eigenvalue weighted by atomic mass is 16.5. The van der Waals surface area contributed by atoms with Crippen LogP contribution in [0.15, 0.2) is 24.3 Å². The first kappa shape index (κ1) is 13.9. The Balaban J connectivity index is 1.46. The van der Waals surface area contributed by atoms with Gasteiger partial charge in [0, 0.05) is 38.5 Å². The summed E-state index contributed by atoms with van der Waals surface area (Å²) in [4.78, 5) is 2.38. The Labute approximate surface area is 121 Å². The van der Waals surface area contributed by atoms with Crippen LogP contribution in [0.1, 0.15) is 18.4 Å². The second kappa shape index (κ2) is 6.57. The fourth-order valence-corrected chi connectivity index (χ4v) is 2.83. The van der Waals surface area contributed by atoms with Crippen molar-refractivity contribution < 1.29 is 9.47 Å². The number of nitrogens with one attached hydrogen (secondary N) is 1. The number of morpholine rings is 1. The SMILES string of the molecule is COC1CC(NCc2ccc(N3CCOCC3)cc2)C1. The lowest BCUT2D eigenvalue weighted by Gasteiger charge is -2.34. The maximum atomic E-state index is 5.38. The van der Waals surface area contributed by atoms with Crippen molar-refractivity contribution in [2.45, 2.75) is 31.5 Å². The van der Waals surface area contributed by atoms with Crippen molar-refractivity contribution in [2.75, 3.05) is 38.3 Å². The van der Waals surface area contributed by atoms with Crippen LogP contribution in [-0.4, -0.2) is 45.6 Å². The van der Waals surface area contributed by atoms with Crippen molar-refractivity contribution in [3.8, 4) is 0 Å². The predicted octanol–water partition coefficient (Wildman–Crippen LogP) is 1.79. The van der Waals surface area contributed by atoms with Gasteiger partial charge in [0.2, 0.25) is 0 Å². The number of ether oxygens (including phenoxy) is 2. The third-order valence-corrected chi connectivity index (χ3v) is 4.34. The minimum absolute atomic E-state index is 0.469. The van der Waals surface area contributed by atoms with Crippen LogP contribution < -0.4 is 10.2 Å². The number of benzene rings is 1. The standard InChI is InChI=1S/C16H24N2O2/c1-19-16-10-14(11-16)17-12-13-2-4-15(5-3-13)18-6-8-20-9-7-18/h2-5,14,16-17H,6-12H2,1H3. The summed E-state index contributed by atoms with van der Waals surface area (Å²) >= 11 is 0. The van der Waals surface area contributed by atoms with E-state index in [9.17, 15) is 0 Å². The van der Waals surface area contributed by atoms with E-state index in [-0.39, 0.29) is 0 Å². The van der Waals surface area contributed by atoms with Crippen LogP contribution in [0.25, 0.3) is 0 Å². The first-order chi connectivity index (χ1) is 9.85. The van der Waals surface area contributed by atoms with Crippen LogP contribution in [0.5, 0.6) is 0 Å². The summed E-state index contributed by atoms with van der Waals surface area (Å²) in [6, 6.07) is 9.52. The van der Waals surface area contributed by atoms with Gasteiger partial charge in [-0.2, -0.15) is 0 Å². The van der Waals surface area contributed by atoms with Crippen LogP contribution in [0.3, 0.4) is 0 Å². The smallest absolute Gasteiger partial charge is 0.0642 e. The molecule has 0 radical (unpaired) electrons. The lowest BCUT2D eigenvalue weighted by molar-refractivity contribution is 0.0170. The first-order valence-corrected chi connectivity index (χ1v) is 7.53. The Bertz CT molecular complexity index is 409. The summed E-state index contributed by atoms with van der Waals surface area (Å²) in [5, 5.41) is 3.59. The molecular formula is C16H24N2O2. The van der Waals surface area contributed by atoms with Crippen molar-refractivity contribution in [1.29, 1.82) is 0 Å². The van der Waals surface area contributed by atoms with Gasteiger partial charge in [-0.1, -0.05) is 12.1 Å². The number of rotatable bonds is 5. The van der Waals surface area contributed by atoms with Crippen LogP contribution in [-0.2, 0) is 16.0 Å². The number of hydrogen-bond donors (Lipinski definition) is 1. The Hall–Kier alpha value is -1.10. The lowest BCUT2D eigenvalue weighted by atomic mass is 9.89. The van der Waals surface area contributed by atoms with Crippen LogP contribution in [0.4, 0.5) is 5.69 Å². The molecule has 0 unspecified atom stereocenters. The molecule has 0 bridgehead atoms. The van der Waals surface area contributed by atoms with Crippen molar-refractivity contribution in [3.63, 3.8) is 0 Å². The monoisotopic (exact) mass is 276 g/mol. The Kier molecular flexibility index (Phi) is 4.55. The zero-order valence-electron chi connectivity index (χ0n) is 12.2. The minimum Gasteiger partial charge on any atom is -0.381 e. The van der Waals surface area contributed by atoms with Gasteiger partial charge in [-0.3, -0.25) is 0 Å². The molecule has 2 fully saturated rings. The molecule has 0 aromatic heterocycles. The van der Waals surface area contributed by atoms with E-state index in [2.05, 4.69) is 34.5 Å². The highest BCUT2D eigenvalue weighted by Gasteiger charge is 2.28. The second-order valence-electron chi connectivity index (χ2n) is 5.67. The first-order valence-electron chi connectivity index (χ1n) is 7.53. The van der Waals surface area contributed by atoms with E-state index in [1.807, 2.05) is 0 Å². The van der Waals surface area contributed by atoms with E-state index in [4.69, 9.17) is 9.47 Å². The molecule has 4 heteroatoms. The normalized spacial score (nSPS) is 26.4. The van der Waals surface area contributed by atoms with Gasteiger partial charge >= 0.3 is 0 Å². The Morgan fingerprint density at radius 3 is 2.55 bits per heavy atom. The molecule has 0 atom stereocenters. The third-order valence-electron chi connectivity index (χ3n) is 4.34. The number of anilines is 1. The zero-order valence-corrected chi connectivity index (χ0v) is 12.2. The Morgan fingerprint density at radius 2 is 1.90 bits per heavy atom. The van der Waals surface area contributed by atoms with Gasteiger partial charge in [0.25, 0.3) is 0 Å². The van der Waals surface area contributed by atoms with Crippen LogP contribution >= 0.6 is 0 Å². The van der Waals surface area contributed by atoms with E-state index in [0.717, 1.165) is 45.7 Å². The van der Waals surface area contributed by atoms with Crippen molar-refractivity contribution in [3.05, 3.63) is 29.8 Å². The van der Waals surface area contributed by atoms with Crippen LogP contribution in [0.2, 0.25) is 0 Å². The van der Waals surface area contributed by atoms with E-state index in [1.54, 1.807) is 7.11 Å². The highest BCUT2D eigenvalue weighted by molar-refractivity contribution is 5.47. The van der Waals surface area contributed by atoms with Gasteiger partial charge in [0.15, 0.2) is 0 Å². The van der Waals surface area contributed by atoms with Crippen molar-refractivity contribution in [2.24, 2.45) is 0 Å². The predicted molar refractivity (Wildman–Crippen MR) is 80.1 cm³/mol. The highest BCUT2D eigenvalue weighted by Crippen LogP contribution is 2.23. The zero-order chi connectivity index (χ0) is 13.8. The van der Waals surface area contributed by atoms with E-state index < -0.39 is 0 Å². The van der Waals surface area contributed by atoms with Crippen LogP contribution in [0, 0.1) is 0 Å². The van der Waals surface area contributed by atoms with Gasteiger partial charge in [-0.15, -0.1) is 0 Å². The summed E-state index contributed by atoms with van der Waals surface area (Å²) in [5.41, 5.74) is 2.66. The van der Waals surface area contributed by atoms with E-state index in [0.29, 0.717) is 12.1 Å².